The van der Waals surface area contributed by atoms with Gasteiger partial charge in [-0.3, -0.25) is 9.59 Å². The zero-order valence-electron chi connectivity index (χ0n) is 15.0. The lowest BCUT2D eigenvalue weighted by Gasteiger charge is -2.35. The predicted octanol–water partition coefficient (Wildman–Crippen LogP) is 3.31. The Bertz CT molecular complexity index is 862. The highest BCUT2D eigenvalue weighted by Gasteiger charge is 2.29. The van der Waals surface area contributed by atoms with Gasteiger partial charge in [0.2, 0.25) is 0 Å². The minimum atomic E-state index is -0.463. The fraction of sp³-hybridized carbons (Fsp3) is 0.421. The third kappa shape index (κ3) is 4.51. The first-order valence-corrected chi connectivity index (χ1v) is 9.66. The summed E-state index contributed by atoms with van der Waals surface area (Å²) in [6.45, 7) is 3.49. The number of benzene rings is 1. The Hall–Kier alpha value is -1.89. The highest BCUT2D eigenvalue weighted by atomic mass is 35.5. The van der Waals surface area contributed by atoms with Gasteiger partial charge in [-0.05, 0) is 24.1 Å². The van der Waals surface area contributed by atoms with Gasteiger partial charge in [-0.15, -0.1) is 0 Å². The van der Waals surface area contributed by atoms with Crippen molar-refractivity contribution in [1.82, 2.24) is 14.9 Å². The van der Waals surface area contributed by atoms with Crippen LogP contribution in [0.4, 0.5) is 0 Å². The van der Waals surface area contributed by atoms with Crippen molar-refractivity contribution in [2.24, 2.45) is 0 Å². The molecular formula is C19H21Cl2N3O3. The first-order valence-electron chi connectivity index (χ1n) is 8.91. The number of morpholine rings is 1. The van der Waals surface area contributed by atoms with E-state index in [9.17, 15) is 9.59 Å². The second-order valence-corrected chi connectivity index (χ2v) is 7.28. The van der Waals surface area contributed by atoms with Crippen LogP contribution in [0.3, 0.4) is 0 Å². The van der Waals surface area contributed by atoms with Crippen LogP contribution in [0.15, 0.2) is 29.2 Å². The van der Waals surface area contributed by atoms with E-state index in [4.69, 9.17) is 27.9 Å². The van der Waals surface area contributed by atoms with E-state index in [1.807, 2.05) is 0 Å². The van der Waals surface area contributed by atoms with Gasteiger partial charge >= 0.3 is 0 Å². The Kier molecular flexibility index (Phi) is 6.52. The predicted molar refractivity (Wildman–Crippen MR) is 105 cm³/mol. The van der Waals surface area contributed by atoms with E-state index in [-0.39, 0.29) is 23.9 Å². The Morgan fingerprint density at radius 2 is 2.11 bits per heavy atom. The van der Waals surface area contributed by atoms with Crippen LogP contribution in [0.5, 0.6) is 0 Å². The van der Waals surface area contributed by atoms with E-state index < -0.39 is 5.56 Å². The number of nitrogens with one attached hydrogen (secondary N) is 1. The van der Waals surface area contributed by atoms with Crippen LogP contribution < -0.4 is 5.56 Å². The first kappa shape index (κ1) is 19.9. The molecule has 1 amide bonds. The molecule has 0 saturated carbocycles. The van der Waals surface area contributed by atoms with Crippen molar-refractivity contribution in [3.8, 4) is 0 Å². The molecule has 27 heavy (non-hydrogen) atoms. The lowest BCUT2D eigenvalue weighted by Crippen LogP contribution is -2.49. The van der Waals surface area contributed by atoms with Crippen molar-refractivity contribution in [2.45, 2.75) is 32.2 Å². The molecule has 0 unspecified atom stereocenters. The molecule has 8 heteroatoms. The molecule has 144 valence electrons. The number of halogens is 2. The normalized spacial score (nSPS) is 17.1. The van der Waals surface area contributed by atoms with E-state index >= 15 is 0 Å². The third-order valence-corrected chi connectivity index (χ3v) is 5.31. The van der Waals surface area contributed by atoms with Crippen LogP contribution in [0.1, 0.15) is 41.5 Å². The van der Waals surface area contributed by atoms with E-state index in [0.29, 0.717) is 41.2 Å². The molecule has 2 heterocycles. The molecule has 1 fully saturated rings. The van der Waals surface area contributed by atoms with Crippen molar-refractivity contribution >= 4 is 29.1 Å². The molecule has 1 aromatic carbocycles. The van der Waals surface area contributed by atoms with Crippen molar-refractivity contribution in [2.75, 3.05) is 19.8 Å². The number of rotatable bonds is 5. The van der Waals surface area contributed by atoms with Crippen LogP contribution in [0.25, 0.3) is 0 Å². The Morgan fingerprint density at radius 3 is 2.78 bits per heavy atom. The molecular weight excluding hydrogens is 389 g/mol. The highest BCUT2D eigenvalue weighted by Crippen LogP contribution is 2.25. The van der Waals surface area contributed by atoms with E-state index in [0.717, 1.165) is 12.8 Å². The molecule has 1 aliphatic rings. The number of carbonyl (C=O) groups is 1. The van der Waals surface area contributed by atoms with Crippen molar-refractivity contribution in [1.29, 1.82) is 0 Å². The standard InChI is InChI=1S/C19H21Cl2N3O3/c1-2-4-12-11-27-8-7-24(12)19(26)14-10-22-17(23-18(14)25)9-13-15(20)5-3-6-16(13)21/h3,5-6,10,12H,2,4,7-9,11H2,1H3,(H,22,23,25)/t12-/m1/s1. The summed E-state index contributed by atoms with van der Waals surface area (Å²) in [5.41, 5.74) is 0.251. The summed E-state index contributed by atoms with van der Waals surface area (Å²) in [5.74, 6) is 0.0893. The Morgan fingerprint density at radius 1 is 1.37 bits per heavy atom. The van der Waals surface area contributed by atoms with Crippen molar-refractivity contribution in [3.63, 3.8) is 0 Å². The second-order valence-electron chi connectivity index (χ2n) is 6.47. The summed E-state index contributed by atoms with van der Waals surface area (Å²) in [4.78, 5) is 34.0. The second kappa shape index (κ2) is 8.87. The average molecular weight is 410 g/mol. The fourth-order valence-corrected chi connectivity index (χ4v) is 3.72. The average Bonchev–Trinajstić information content (AvgIpc) is 2.65. The first-order chi connectivity index (χ1) is 13.0. The molecule has 3 rings (SSSR count). The molecule has 1 aromatic heterocycles. The number of ether oxygens (including phenoxy) is 1. The summed E-state index contributed by atoms with van der Waals surface area (Å²) in [6, 6.07) is 5.19. The van der Waals surface area contributed by atoms with E-state index in [2.05, 4.69) is 16.9 Å². The third-order valence-electron chi connectivity index (χ3n) is 4.60. The number of hydrogen-bond donors (Lipinski definition) is 1. The van der Waals surface area contributed by atoms with Crippen molar-refractivity contribution in [3.05, 3.63) is 61.7 Å². The van der Waals surface area contributed by atoms with Gasteiger partial charge < -0.3 is 14.6 Å². The summed E-state index contributed by atoms with van der Waals surface area (Å²) in [6.07, 6.45) is 3.38. The molecule has 1 atom stereocenters. The maximum Gasteiger partial charge on any atom is 0.263 e. The molecule has 0 spiro atoms. The Balaban J connectivity index is 1.82. The monoisotopic (exact) mass is 409 g/mol. The zero-order chi connectivity index (χ0) is 19.4. The number of aromatic amines is 1. The van der Waals surface area contributed by atoms with Gasteiger partial charge in [0.15, 0.2) is 0 Å². The molecule has 0 aliphatic carbocycles. The molecule has 1 aliphatic heterocycles. The topological polar surface area (TPSA) is 75.3 Å². The molecule has 6 nitrogen and oxygen atoms in total. The number of amides is 1. The number of carbonyl (C=O) groups excluding carboxylic acids is 1. The van der Waals surface area contributed by atoms with Gasteiger partial charge in [0, 0.05) is 29.2 Å². The number of nitrogens with zero attached hydrogens (tertiary/aromatic N) is 2. The fourth-order valence-electron chi connectivity index (χ4n) is 3.19. The summed E-state index contributed by atoms with van der Waals surface area (Å²) in [5, 5.41) is 1.00. The summed E-state index contributed by atoms with van der Waals surface area (Å²) in [7, 11) is 0. The van der Waals surface area contributed by atoms with Crippen LogP contribution in [0, 0.1) is 0 Å². The highest BCUT2D eigenvalue weighted by molar-refractivity contribution is 6.36. The molecule has 0 radical (unpaired) electrons. The number of H-pyrrole nitrogens is 1. The Labute approximate surface area is 167 Å². The van der Waals surface area contributed by atoms with Gasteiger partial charge in [0.25, 0.3) is 11.5 Å². The van der Waals surface area contributed by atoms with E-state index in [1.165, 1.54) is 6.20 Å². The molecule has 1 saturated heterocycles. The summed E-state index contributed by atoms with van der Waals surface area (Å²) >= 11 is 12.3. The van der Waals surface area contributed by atoms with Gasteiger partial charge in [-0.25, -0.2) is 4.98 Å². The summed E-state index contributed by atoms with van der Waals surface area (Å²) < 4.78 is 5.47. The lowest BCUT2D eigenvalue weighted by atomic mass is 10.1. The largest absolute Gasteiger partial charge is 0.377 e. The van der Waals surface area contributed by atoms with Crippen LogP contribution in [-0.4, -0.2) is 46.6 Å². The van der Waals surface area contributed by atoms with Gasteiger partial charge in [-0.1, -0.05) is 42.6 Å². The van der Waals surface area contributed by atoms with Crippen LogP contribution in [-0.2, 0) is 11.2 Å². The van der Waals surface area contributed by atoms with Crippen LogP contribution >= 0.6 is 23.2 Å². The van der Waals surface area contributed by atoms with Gasteiger partial charge in [0.1, 0.15) is 11.4 Å². The molecule has 2 aromatic rings. The molecule has 1 N–H and O–H groups in total. The maximum absolute atomic E-state index is 12.9. The maximum atomic E-state index is 12.9. The zero-order valence-corrected chi connectivity index (χ0v) is 16.5. The smallest absolute Gasteiger partial charge is 0.263 e. The number of aromatic nitrogens is 2. The van der Waals surface area contributed by atoms with Crippen LogP contribution in [0.2, 0.25) is 10.0 Å². The lowest BCUT2D eigenvalue weighted by molar-refractivity contribution is -0.00445. The quantitative estimate of drug-likeness (QED) is 0.821. The van der Waals surface area contributed by atoms with Gasteiger partial charge in [-0.2, -0.15) is 0 Å². The number of hydrogen-bond acceptors (Lipinski definition) is 4. The molecule has 0 bridgehead atoms. The SMILES string of the molecule is CCC[C@@H]1COCCN1C(=O)c1cnc(Cc2c(Cl)cccc2Cl)[nH]c1=O. The minimum absolute atomic E-state index is 0.0164. The minimum Gasteiger partial charge on any atom is -0.377 e. The van der Waals surface area contributed by atoms with Crippen molar-refractivity contribution < 1.29 is 9.53 Å². The van der Waals surface area contributed by atoms with Gasteiger partial charge in [0.05, 0.1) is 19.3 Å². The van der Waals surface area contributed by atoms with E-state index in [1.54, 1.807) is 23.1 Å².